The maximum atomic E-state index is 12.1. The third-order valence-corrected chi connectivity index (χ3v) is 6.08. The molecule has 0 aliphatic carbocycles. The van der Waals surface area contributed by atoms with Crippen molar-refractivity contribution in [3.05, 3.63) is 139 Å². The second kappa shape index (κ2) is 13.6. The van der Waals surface area contributed by atoms with Gasteiger partial charge in [-0.15, -0.1) is 0 Å². The molecular weight excluding hydrogens is 540 g/mol. The van der Waals surface area contributed by atoms with E-state index in [1.54, 1.807) is 62.4 Å². The SMILES string of the molecule is C=CC(=O)Oc1cc(-c2ccc(-c3ccc(OC(=O)C(=C)C)cc3)cc2)ccc1C#Cc1ccc(OC(=O)C(=C)C)cc1. The fourth-order valence-corrected chi connectivity index (χ4v) is 3.74. The first-order valence-electron chi connectivity index (χ1n) is 13.2. The van der Waals surface area contributed by atoms with E-state index in [2.05, 4.69) is 31.6 Å². The van der Waals surface area contributed by atoms with E-state index in [0.29, 0.717) is 39.5 Å². The van der Waals surface area contributed by atoms with Gasteiger partial charge >= 0.3 is 17.9 Å². The topological polar surface area (TPSA) is 78.9 Å². The Labute approximate surface area is 250 Å². The molecule has 4 aromatic rings. The van der Waals surface area contributed by atoms with Crippen LogP contribution in [0.15, 0.2) is 128 Å². The van der Waals surface area contributed by atoms with Crippen molar-refractivity contribution < 1.29 is 28.6 Å². The summed E-state index contributed by atoms with van der Waals surface area (Å²) in [6.45, 7) is 13.8. The molecule has 6 nitrogen and oxygen atoms in total. The molecule has 0 aliphatic rings. The molecular formula is C37H28O6. The van der Waals surface area contributed by atoms with Gasteiger partial charge in [-0.3, -0.25) is 0 Å². The summed E-state index contributed by atoms with van der Waals surface area (Å²) in [5.41, 5.74) is 5.49. The number of carbonyl (C=O) groups is 3. The number of hydrogen-bond acceptors (Lipinski definition) is 6. The Morgan fingerprint density at radius 2 is 1.05 bits per heavy atom. The molecule has 4 aromatic carbocycles. The summed E-state index contributed by atoms with van der Waals surface area (Å²) in [5, 5.41) is 0. The van der Waals surface area contributed by atoms with Crippen LogP contribution in [-0.2, 0) is 14.4 Å². The van der Waals surface area contributed by atoms with E-state index in [0.717, 1.165) is 28.3 Å². The predicted molar refractivity (Wildman–Crippen MR) is 166 cm³/mol. The largest absolute Gasteiger partial charge is 0.423 e. The number of esters is 3. The van der Waals surface area contributed by atoms with Crippen molar-refractivity contribution in [1.82, 2.24) is 0 Å². The maximum Gasteiger partial charge on any atom is 0.338 e. The molecule has 0 spiro atoms. The monoisotopic (exact) mass is 568 g/mol. The van der Waals surface area contributed by atoms with E-state index in [-0.39, 0.29) is 0 Å². The highest BCUT2D eigenvalue weighted by Gasteiger charge is 2.10. The molecule has 0 N–H and O–H groups in total. The smallest absolute Gasteiger partial charge is 0.338 e. The van der Waals surface area contributed by atoms with E-state index in [1.165, 1.54) is 0 Å². The molecule has 4 rings (SSSR count). The Bertz CT molecular complexity index is 1780. The standard InChI is InChI=1S/C37H28O6/c1-6-35(38)43-34-23-31(16-15-30(34)10-7-26-8-19-32(20-9-26)41-36(39)24(2)3)29-13-11-27(12-14-29)28-17-21-33(22-18-28)42-37(40)25(4)5/h6,8-9,11-23H,1-2,4H2,3,5H3. The van der Waals surface area contributed by atoms with Crippen molar-refractivity contribution >= 4 is 17.9 Å². The fourth-order valence-electron chi connectivity index (χ4n) is 3.74. The Hall–Kier alpha value is -5.93. The van der Waals surface area contributed by atoms with Crippen LogP contribution in [0.2, 0.25) is 0 Å². The third kappa shape index (κ3) is 8.06. The highest BCUT2D eigenvalue weighted by atomic mass is 16.5. The van der Waals surface area contributed by atoms with Gasteiger partial charge in [0.1, 0.15) is 17.2 Å². The number of carbonyl (C=O) groups excluding carboxylic acids is 3. The lowest BCUT2D eigenvalue weighted by atomic mass is 9.99. The van der Waals surface area contributed by atoms with Crippen LogP contribution in [0.1, 0.15) is 25.0 Å². The van der Waals surface area contributed by atoms with E-state index in [1.807, 2.05) is 42.5 Å². The van der Waals surface area contributed by atoms with Gasteiger partial charge in [-0.25, -0.2) is 14.4 Å². The van der Waals surface area contributed by atoms with Crippen LogP contribution in [0.25, 0.3) is 22.3 Å². The molecule has 0 aromatic heterocycles. The van der Waals surface area contributed by atoms with Crippen molar-refractivity contribution in [2.75, 3.05) is 0 Å². The minimum Gasteiger partial charge on any atom is -0.423 e. The van der Waals surface area contributed by atoms with Crippen LogP contribution in [0, 0.1) is 11.8 Å². The molecule has 0 radical (unpaired) electrons. The lowest BCUT2D eigenvalue weighted by Gasteiger charge is -2.10. The summed E-state index contributed by atoms with van der Waals surface area (Å²) in [4.78, 5) is 35.5. The molecule has 0 unspecified atom stereocenters. The first-order valence-corrected chi connectivity index (χ1v) is 13.2. The van der Waals surface area contributed by atoms with Gasteiger partial charge in [0.15, 0.2) is 0 Å². The Kier molecular flexibility index (Phi) is 9.52. The van der Waals surface area contributed by atoms with Crippen molar-refractivity contribution in [2.24, 2.45) is 0 Å². The summed E-state index contributed by atoms with van der Waals surface area (Å²) in [5.74, 6) is 5.65. The summed E-state index contributed by atoms with van der Waals surface area (Å²) >= 11 is 0. The lowest BCUT2D eigenvalue weighted by molar-refractivity contribution is -0.130. The zero-order valence-corrected chi connectivity index (χ0v) is 23.8. The Morgan fingerprint density at radius 1 is 0.605 bits per heavy atom. The van der Waals surface area contributed by atoms with Gasteiger partial charge in [0, 0.05) is 22.8 Å². The summed E-state index contributed by atoms with van der Waals surface area (Å²) in [6.07, 6.45) is 1.09. The molecule has 0 saturated heterocycles. The van der Waals surface area contributed by atoms with Crippen LogP contribution < -0.4 is 14.2 Å². The van der Waals surface area contributed by atoms with Gasteiger partial charge in [0.2, 0.25) is 0 Å². The zero-order chi connectivity index (χ0) is 30.9. The van der Waals surface area contributed by atoms with E-state index in [4.69, 9.17) is 14.2 Å². The molecule has 0 fully saturated rings. The summed E-state index contributed by atoms with van der Waals surface area (Å²) in [6, 6.07) is 27.3. The minimum absolute atomic E-state index is 0.297. The molecule has 0 saturated carbocycles. The van der Waals surface area contributed by atoms with Crippen molar-refractivity contribution in [2.45, 2.75) is 13.8 Å². The molecule has 0 bridgehead atoms. The minimum atomic E-state index is -0.600. The number of rotatable bonds is 8. The normalized spacial score (nSPS) is 10.0. The molecule has 43 heavy (non-hydrogen) atoms. The van der Waals surface area contributed by atoms with Gasteiger partial charge < -0.3 is 14.2 Å². The van der Waals surface area contributed by atoms with Crippen molar-refractivity contribution in [3.63, 3.8) is 0 Å². The van der Waals surface area contributed by atoms with Crippen LogP contribution in [0.5, 0.6) is 17.2 Å². The van der Waals surface area contributed by atoms with Gasteiger partial charge in [0.25, 0.3) is 0 Å². The van der Waals surface area contributed by atoms with Crippen LogP contribution in [0.3, 0.4) is 0 Å². The van der Waals surface area contributed by atoms with E-state index >= 15 is 0 Å². The highest BCUT2D eigenvalue weighted by molar-refractivity contribution is 5.89. The predicted octanol–water partition coefficient (Wildman–Crippen LogP) is 7.47. The van der Waals surface area contributed by atoms with Gasteiger partial charge in [0.05, 0.1) is 5.56 Å². The average Bonchev–Trinajstić information content (AvgIpc) is 3.01. The first-order chi connectivity index (χ1) is 20.6. The number of ether oxygens (including phenoxy) is 3. The van der Waals surface area contributed by atoms with Crippen LogP contribution >= 0.6 is 0 Å². The second-order valence-electron chi connectivity index (χ2n) is 9.55. The van der Waals surface area contributed by atoms with Crippen LogP contribution in [0.4, 0.5) is 0 Å². The Balaban J connectivity index is 1.54. The number of benzene rings is 4. The van der Waals surface area contributed by atoms with Crippen molar-refractivity contribution in [3.8, 4) is 51.3 Å². The molecule has 0 aliphatic heterocycles. The fraction of sp³-hybridized carbons (Fsp3) is 0.0541. The van der Waals surface area contributed by atoms with Gasteiger partial charge in [-0.1, -0.05) is 74.0 Å². The maximum absolute atomic E-state index is 12.1. The highest BCUT2D eigenvalue weighted by Crippen LogP contribution is 2.30. The third-order valence-electron chi connectivity index (χ3n) is 6.08. The number of hydrogen-bond donors (Lipinski definition) is 0. The zero-order valence-electron chi connectivity index (χ0n) is 23.8. The van der Waals surface area contributed by atoms with E-state index < -0.39 is 17.9 Å². The quantitative estimate of drug-likeness (QED) is 0.0949. The van der Waals surface area contributed by atoms with Gasteiger partial charge in [-0.2, -0.15) is 0 Å². The molecule has 212 valence electrons. The lowest BCUT2D eigenvalue weighted by Crippen LogP contribution is -2.07. The Morgan fingerprint density at radius 3 is 1.53 bits per heavy atom. The second-order valence-corrected chi connectivity index (χ2v) is 9.55. The molecule has 0 heterocycles. The molecule has 6 heteroatoms. The summed E-state index contributed by atoms with van der Waals surface area (Å²) in [7, 11) is 0. The van der Waals surface area contributed by atoms with E-state index in [9.17, 15) is 14.4 Å². The molecule has 0 atom stereocenters. The van der Waals surface area contributed by atoms with Crippen LogP contribution in [-0.4, -0.2) is 17.9 Å². The molecule has 0 amide bonds. The average molecular weight is 569 g/mol. The summed E-state index contributed by atoms with van der Waals surface area (Å²) < 4.78 is 16.0. The van der Waals surface area contributed by atoms with Gasteiger partial charge in [-0.05, 0) is 84.6 Å². The first kappa shape index (κ1) is 30.0. The van der Waals surface area contributed by atoms with Crippen molar-refractivity contribution in [1.29, 1.82) is 0 Å².